The Labute approximate surface area is 113 Å². The van der Waals surface area contributed by atoms with Crippen LogP contribution < -0.4 is 5.73 Å². The van der Waals surface area contributed by atoms with Gasteiger partial charge in [0.25, 0.3) is 0 Å². The molecule has 1 heterocycles. The normalized spacial score (nSPS) is 12.4. The molecular weight excluding hydrogens is 240 g/mol. The summed E-state index contributed by atoms with van der Waals surface area (Å²) in [6.07, 6.45) is 1.83. The summed E-state index contributed by atoms with van der Waals surface area (Å²) in [5.41, 5.74) is 9.75. The molecule has 94 valence electrons. The lowest BCUT2D eigenvalue weighted by atomic mass is 10.1. The fraction of sp³-hybridized carbons (Fsp3) is 0.267. The summed E-state index contributed by atoms with van der Waals surface area (Å²) in [5.74, 6) is 0.934. The molecule has 0 unspecified atom stereocenters. The Hall–Kier alpha value is -1.32. The average Bonchev–Trinajstić information content (AvgIpc) is 2.38. The van der Waals surface area contributed by atoms with Crippen LogP contribution in [0, 0.1) is 6.92 Å². The van der Waals surface area contributed by atoms with Crippen LogP contribution in [0.2, 0.25) is 0 Å². The Morgan fingerprint density at radius 3 is 2.72 bits per heavy atom. The second kappa shape index (κ2) is 6.03. The van der Waals surface area contributed by atoms with E-state index in [0.717, 1.165) is 16.3 Å². The van der Waals surface area contributed by atoms with Crippen molar-refractivity contribution in [2.24, 2.45) is 5.73 Å². The third-order valence-corrected chi connectivity index (χ3v) is 3.99. The zero-order valence-corrected chi connectivity index (χ0v) is 11.6. The number of nitrogens with zero attached hydrogens (tertiary/aromatic N) is 1. The van der Waals surface area contributed by atoms with Gasteiger partial charge in [-0.1, -0.05) is 30.3 Å². The standard InChI is InChI=1S/C15H18N2S/c1-11-6-3-4-7-13(11)10-18-15-14(12(2)16)8-5-9-17-15/h3-9,12H,10,16H2,1-2H3/t12-/m0/s1. The van der Waals surface area contributed by atoms with Crippen molar-refractivity contribution in [3.8, 4) is 0 Å². The molecule has 0 aliphatic carbocycles. The number of aromatic nitrogens is 1. The van der Waals surface area contributed by atoms with Crippen molar-refractivity contribution < 1.29 is 0 Å². The molecule has 1 atom stereocenters. The fourth-order valence-electron chi connectivity index (χ4n) is 1.79. The van der Waals surface area contributed by atoms with Gasteiger partial charge in [-0.15, -0.1) is 11.8 Å². The minimum Gasteiger partial charge on any atom is -0.324 e. The molecule has 2 aromatic rings. The van der Waals surface area contributed by atoms with Crippen LogP contribution >= 0.6 is 11.8 Å². The SMILES string of the molecule is Cc1ccccc1CSc1ncccc1[C@H](C)N. The summed E-state index contributed by atoms with van der Waals surface area (Å²) in [6, 6.07) is 12.5. The molecule has 0 saturated heterocycles. The van der Waals surface area contributed by atoms with Gasteiger partial charge in [0.1, 0.15) is 5.03 Å². The molecule has 1 aromatic carbocycles. The maximum absolute atomic E-state index is 5.96. The highest BCUT2D eigenvalue weighted by atomic mass is 32.2. The van der Waals surface area contributed by atoms with Gasteiger partial charge in [0.2, 0.25) is 0 Å². The van der Waals surface area contributed by atoms with Gasteiger partial charge in [-0.25, -0.2) is 4.98 Å². The van der Waals surface area contributed by atoms with E-state index in [-0.39, 0.29) is 6.04 Å². The Morgan fingerprint density at radius 1 is 1.22 bits per heavy atom. The minimum absolute atomic E-state index is 0.0260. The minimum atomic E-state index is 0.0260. The van der Waals surface area contributed by atoms with Crippen molar-refractivity contribution in [3.05, 3.63) is 59.3 Å². The van der Waals surface area contributed by atoms with E-state index in [0.29, 0.717) is 0 Å². The van der Waals surface area contributed by atoms with Crippen LogP contribution in [0.1, 0.15) is 29.7 Å². The number of benzene rings is 1. The maximum Gasteiger partial charge on any atom is 0.101 e. The third-order valence-electron chi connectivity index (χ3n) is 2.92. The smallest absolute Gasteiger partial charge is 0.101 e. The molecule has 1 aromatic heterocycles. The highest BCUT2D eigenvalue weighted by Crippen LogP contribution is 2.27. The van der Waals surface area contributed by atoms with Crippen molar-refractivity contribution in [1.82, 2.24) is 4.98 Å². The number of aryl methyl sites for hydroxylation is 1. The van der Waals surface area contributed by atoms with Crippen LogP contribution in [-0.2, 0) is 5.75 Å². The van der Waals surface area contributed by atoms with Crippen LogP contribution in [0.5, 0.6) is 0 Å². The topological polar surface area (TPSA) is 38.9 Å². The van der Waals surface area contributed by atoms with E-state index in [9.17, 15) is 0 Å². The van der Waals surface area contributed by atoms with Crippen LogP contribution in [-0.4, -0.2) is 4.98 Å². The van der Waals surface area contributed by atoms with E-state index < -0.39 is 0 Å². The molecule has 0 aliphatic heterocycles. The highest BCUT2D eigenvalue weighted by Gasteiger charge is 2.08. The van der Waals surface area contributed by atoms with Crippen LogP contribution in [0.3, 0.4) is 0 Å². The second-order valence-electron chi connectivity index (χ2n) is 4.40. The molecule has 3 heteroatoms. The fourth-order valence-corrected chi connectivity index (χ4v) is 2.96. The Bertz CT molecular complexity index is 523. The summed E-state index contributed by atoms with van der Waals surface area (Å²) in [6.45, 7) is 4.13. The van der Waals surface area contributed by atoms with Gasteiger partial charge in [0.15, 0.2) is 0 Å². The lowest BCUT2D eigenvalue weighted by Gasteiger charge is -2.11. The van der Waals surface area contributed by atoms with Gasteiger partial charge in [-0.3, -0.25) is 0 Å². The van der Waals surface area contributed by atoms with Gasteiger partial charge in [0.05, 0.1) is 0 Å². The summed E-state index contributed by atoms with van der Waals surface area (Å²) < 4.78 is 0. The number of hydrogen-bond acceptors (Lipinski definition) is 3. The van der Waals surface area contributed by atoms with Crippen molar-refractivity contribution >= 4 is 11.8 Å². The number of nitrogens with two attached hydrogens (primary N) is 1. The molecule has 0 radical (unpaired) electrons. The van der Waals surface area contributed by atoms with Crippen LogP contribution in [0.4, 0.5) is 0 Å². The Morgan fingerprint density at radius 2 is 2.00 bits per heavy atom. The summed E-state index contributed by atoms with van der Waals surface area (Å²) in [5, 5.41) is 1.04. The van der Waals surface area contributed by atoms with Crippen LogP contribution in [0.15, 0.2) is 47.6 Å². The monoisotopic (exact) mass is 258 g/mol. The zero-order valence-electron chi connectivity index (χ0n) is 10.8. The van der Waals surface area contributed by atoms with Crippen molar-refractivity contribution in [2.75, 3.05) is 0 Å². The number of pyridine rings is 1. The van der Waals surface area contributed by atoms with E-state index in [2.05, 4.69) is 42.2 Å². The lowest BCUT2D eigenvalue weighted by molar-refractivity contribution is 0.779. The highest BCUT2D eigenvalue weighted by molar-refractivity contribution is 7.98. The molecule has 0 aliphatic rings. The third kappa shape index (κ3) is 3.12. The maximum atomic E-state index is 5.96. The van der Waals surface area contributed by atoms with Crippen molar-refractivity contribution in [2.45, 2.75) is 30.7 Å². The molecule has 0 bridgehead atoms. The number of rotatable bonds is 4. The predicted molar refractivity (Wildman–Crippen MR) is 77.6 cm³/mol. The Balaban J connectivity index is 2.14. The quantitative estimate of drug-likeness (QED) is 0.850. The summed E-state index contributed by atoms with van der Waals surface area (Å²) in [4.78, 5) is 4.43. The van der Waals surface area contributed by atoms with Crippen molar-refractivity contribution in [3.63, 3.8) is 0 Å². The molecule has 18 heavy (non-hydrogen) atoms. The average molecular weight is 258 g/mol. The van der Waals surface area contributed by atoms with E-state index >= 15 is 0 Å². The molecular formula is C15H18N2S. The molecule has 0 saturated carbocycles. The largest absolute Gasteiger partial charge is 0.324 e. The van der Waals surface area contributed by atoms with Gasteiger partial charge in [-0.2, -0.15) is 0 Å². The van der Waals surface area contributed by atoms with Gasteiger partial charge in [0, 0.05) is 23.6 Å². The summed E-state index contributed by atoms with van der Waals surface area (Å²) in [7, 11) is 0. The van der Waals surface area contributed by atoms with E-state index in [4.69, 9.17) is 5.73 Å². The molecule has 2 rings (SSSR count). The van der Waals surface area contributed by atoms with Gasteiger partial charge < -0.3 is 5.73 Å². The number of thioether (sulfide) groups is 1. The van der Waals surface area contributed by atoms with E-state index in [1.165, 1.54) is 11.1 Å². The molecule has 2 N–H and O–H groups in total. The second-order valence-corrected chi connectivity index (χ2v) is 5.37. The molecule has 2 nitrogen and oxygen atoms in total. The zero-order chi connectivity index (χ0) is 13.0. The Kier molecular flexibility index (Phi) is 4.39. The lowest BCUT2D eigenvalue weighted by Crippen LogP contribution is -2.07. The molecule has 0 amide bonds. The van der Waals surface area contributed by atoms with Gasteiger partial charge in [-0.05, 0) is 31.0 Å². The first-order valence-electron chi connectivity index (χ1n) is 6.06. The molecule has 0 fully saturated rings. The predicted octanol–water partition coefficient (Wildman–Crippen LogP) is 3.70. The first-order valence-corrected chi connectivity index (χ1v) is 7.05. The summed E-state index contributed by atoms with van der Waals surface area (Å²) >= 11 is 1.75. The van der Waals surface area contributed by atoms with E-state index in [1.807, 2.05) is 19.2 Å². The van der Waals surface area contributed by atoms with Crippen LogP contribution in [0.25, 0.3) is 0 Å². The molecule has 0 spiro atoms. The van der Waals surface area contributed by atoms with Gasteiger partial charge >= 0.3 is 0 Å². The first kappa shape index (κ1) is 13.1. The van der Waals surface area contributed by atoms with E-state index in [1.54, 1.807) is 11.8 Å². The van der Waals surface area contributed by atoms with Crippen molar-refractivity contribution in [1.29, 1.82) is 0 Å². The number of hydrogen-bond donors (Lipinski definition) is 1. The first-order chi connectivity index (χ1) is 8.68.